The second-order valence-electron chi connectivity index (χ2n) is 4.67. The minimum atomic E-state index is -0.0914. The lowest BCUT2D eigenvalue weighted by Crippen LogP contribution is -2.39. The Hall–Kier alpha value is 0.310. The second-order valence-corrected chi connectivity index (χ2v) is 5.72. The Bertz CT molecular complexity index is 187. The van der Waals surface area contributed by atoms with Gasteiger partial charge in [-0.15, -0.1) is 0 Å². The Morgan fingerprint density at radius 2 is 2.33 bits per heavy atom. The molecule has 0 aromatic carbocycles. The maximum Gasteiger partial charge on any atom is 0.210 e. The molecule has 2 heteroatoms. The van der Waals surface area contributed by atoms with Crippen molar-refractivity contribution in [1.82, 2.24) is 0 Å². The van der Waals surface area contributed by atoms with Crippen LogP contribution in [0.1, 0.15) is 40.0 Å². The summed E-state index contributed by atoms with van der Waals surface area (Å²) >= 11 is 1.14. The lowest BCUT2D eigenvalue weighted by atomic mass is 9.75. The van der Waals surface area contributed by atoms with E-state index in [1.54, 1.807) is 0 Å². The van der Waals surface area contributed by atoms with E-state index in [0.29, 0.717) is 11.8 Å². The molecule has 1 aliphatic carbocycles. The van der Waals surface area contributed by atoms with Gasteiger partial charge in [0.1, 0.15) is 1.12 Å². The Kier molecular flexibility index (Phi) is 2.30. The Morgan fingerprint density at radius 3 is 2.92 bits per heavy atom. The first kappa shape index (κ1) is 7.69. The topological polar surface area (TPSA) is 20.2 Å². The normalized spacial score (nSPS) is 40.4. The van der Waals surface area contributed by atoms with Crippen LogP contribution < -0.4 is 0 Å². The average Bonchev–Trinajstić information content (AvgIpc) is 2.17. The summed E-state index contributed by atoms with van der Waals surface area (Å²) in [6.45, 7) is 6.37. The molecule has 0 bridgehead atoms. The van der Waals surface area contributed by atoms with Gasteiger partial charge in [0, 0.05) is 4.75 Å². The minimum absolute atomic E-state index is 0.0200. The van der Waals surface area contributed by atoms with E-state index in [4.69, 9.17) is 7.66 Å². The summed E-state index contributed by atoms with van der Waals surface area (Å²) in [5, 5.41) is 4.82. The maximum atomic E-state index is 7.46. The SMILES string of the molecule is [2H]O[C@H]1C[C@H](C)CC[C@H]1C(C)(C)S[2H]. The van der Waals surface area contributed by atoms with Crippen LogP contribution in [-0.4, -0.2) is 18.5 Å². The molecule has 0 aromatic heterocycles. The molecule has 1 aliphatic rings. The third-order valence-corrected chi connectivity index (χ3v) is 3.25. The van der Waals surface area contributed by atoms with Crippen LogP contribution in [0.5, 0.6) is 0 Å². The van der Waals surface area contributed by atoms with Gasteiger partial charge in [0.05, 0.1) is 6.10 Å². The number of hydrogen-bond acceptors (Lipinski definition) is 2. The predicted octanol–water partition coefficient (Wildman–Crippen LogP) is 2.49. The van der Waals surface area contributed by atoms with Gasteiger partial charge in [0.25, 0.3) is 0 Å². The van der Waals surface area contributed by atoms with Crippen LogP contribution in [0.4, 0.5) is 0 Å². The monoisotopic (exact) mass is 190 g/mol. The highest BCUT2D eigenvalue weighted by Gasteiger charge is 2.35. The summed E-state index contributed by atoms with van der Waals surface area (Å²) < 4.78 is 14.5. The van der Waals surface area contributed by atoms with E-state index in [9.17, 15) is 0 Å². The van der Waals surface area contributed by atoms with Gasteiger partial charge < -0.3 is 5.11 Å². The van der Waals surface area contributed by atoms with Crippen molar-refractivity contribution >= 4 is 12.5 Å². The highest BCUT2D eigenvalue weighted by atomic mass is 32.1. The first-order chi connectivity index (χ1) is 6.51. The van der Waals surface area contributed by atoms with E-state index in [1.807, 2.05) is 0 Å². The molecule has 0 spiro atoms. The van der Waals surface area contributed by atoms with Crippen molar-refractivity contribution in [2.45, 2.75) is 50.9 Å². The number of aliphatic hydroxyl groups is 1. The number of aliphatic hydroxyl groups excluding tert-OH is 1. The Morgan fingerprint density at radius 1 is 1.58 bits per heavy atom. The highest BCUT2D eigenvalue weighted by Crippen LogP contribution is 2.38. The average molecular weight is 190 g/mol. The molecule has 1 rings (SSSR count). The lowest BCUT2D eigenvalue weighted by molar-refractivity contribution is 0.0353. The van der Waals surface area contributed by atoms with Crippen LogP contribution in [0.25, 0.3) is 0 Å². The largest absolute Gasteiger partial charge is 0.393 e. The smallest absolute Gasteiger partial charge is 0.210 e. The molecule has 0 saturated heterocycles. The fourth-order valence-corrected chi connectivity index (χ4v) is 2.39. The molecule has 1 saturated carbocycles. The van der Waals surface area contributed by atoms with Crippen LogP contribution in [0.2, 0.25) is 0 Å². The molecule has 1 N–H and O–H groups in total. The summed E-state index contributed by atoms with van der Waals surface area (Å²) in [5.74, 6) is 1.01. The Labute approximate surface area is 83.5 Å². The third-order valence-electron chi connectivity index (χ3n) is 2.95. The predicted molar refractivity (Wildman–Crippen MR) is 55.6 cm³/mol. The number of rotatable bonds is 3. The summed E-state index contributed by atoms with van der Waals surface area (Å²) in [6, 6.07) is 0. The standard InChI is InChI=1S/C10H20OS/c1-7-4-5-8(9(11)6-7)10(2,3)12/h7-9,11-12H,4-6H2,1-3H3/t7-,8-,9+/m1/s1/i11D/hD. The molecule has 1 fully saturated rings. The van der Waals surface area contributed by atoms with Crippen molar-refractivity contribution < 1.29 is 5.11 Å². The highest BCUT2D eigenvalue weighted by molar-refractivity contribution is 7.81. The summed E-state index contributed by atoms with van der Waals surface area (Å²) in [4.78, 5) is 0. The van der Waals surface area contributed by atoms with Gasteiger partial charge in [0.2, 0.25) is 1.43 Å². The quantitative estimate of drug-likeness (QED) is 0.655. The molecule has 72 valence electrons. The van der Waals surface area contributed by atoms with Crippen molar-refractivity contribution in [3.63, 3.8) is 0 Å². The fraction of sp³-hybridized carbons (Fsp3) is 1.00. The van der Waals surface area contributed by atoms with Crippen molar-refractivity contribution in [2.24, 2.45) is 11.8 Å². The first-order valence-corrected chi connectivity index (χ1v) is 5.18. The molecule has 0 aliphatic heterocycles. The molecule has 0 heterocycles. The summed E-state index contributed by atoms with van der Waals surface area (Å²) in [7, 11) is 0. The van der Waals surface area contributed by atoms with Crippen molar-refractivity contribution in [1.29, 1.82) is 2.55 Å². The van der Waals surface area contributed by atoms with Crippen LogP contribution in [0.3, 0.4) is 0 Å². The van der Waals surface area contributed by atoms with Gasteiger partial charge in [-0.2, -0.15) is 12.5 Å². The number of thiol groups is 1. The lowest BCUT2D eigenvalue weighted by Gasteiger charge is -2.39. The van der Waals surface area contributed by atoms with Crippen LogP contribution in [0.15, 0.2) is 0 Å². The molecule has 1 nitrogen and oxygen atoms in total. The van der Waals surface area contributed by atoms with E-state index in [-0.39, 0.29) is 10.9 Å². The van der Waals surface area contributed by atoms with Gasteiger partial charge in [-0.3, -0.25) is 0 Å². The minimum Gasteiger partial charge on any atom is -0.393 e. The van der Waals surface area contributed by atoms with E-state index >= 15 is 0 Å². The Balaban J connectivity index is 2.67. The van der Waals surface area contributed by atoms with E-state index < -0.39 is 0 Å². The second kappa shape index (κ2) is 3.59. The molecule has 0 radical (unpaired) electrons. The van der Waals surface area contributed by atoms with Gasteiger partial charge in [-0.25, -0.2) is 0 Å². The molecule has 12 heavy (non-hydrogen) atoms. The zero-order valence-corrected chi connectivity index (χ0v) is 8.99. The zero-order chi connectivity index (χ0) is 10.8. The van der Waals surface area contributed by atoms with Gasteiger partial charge in [0.15, 0.2) is 0 Å². The molecular weight excluding hydrogens is 168 g/mol. The molecule has 3 atom stereocenters. The van der Waals surface area contributed by atoms with Crippen molar-refractivity contribution in [3.8, 4) is 0 Å². The fourth-order valence-electron chi connectivity index (χ4n) is 2.12. The molecule has 0 unspecified atom stereocenters. The van der Waals surface area contributed by atoms with E-state index in [1.165, 1.54) is 6.42 Å². The summed E-state index contributed by atoms with van der Waals surface area (Å²) in [6.07, 6.45) is 3.28. The third kappa shape index (κ3) is 2.40. The molecule has 0 aromatic rings. The van der Waals surface area contributed by atoms with Crippen molar-refractivity contribution in [2.75, 3.05) is 0 Å². The van der Waals surface area contributed by atoms with Gasteiger partial charge in [-0.1, -0.05) is 27.2 Å². The first-order valence-electron chi connectivity index (χ1n) is 5.59. The zero-order valence-electron chi connectivity index (χ0n) is 10.2. The van der Waals surface area contributed by atoms with Gasteiger partial charge >= 0.3 is 0 Å². The van der Waals surface area contributed by atoms with Gasteiger partial charge in [-0.05, 0) is 24.7 Å². The molecule has 0 amide bonds. The van der Waals surface area contributed by atoms with E-state index in [2.05, 4.69) is 20.8 Å². The van der Waals surface area contributed by atoms with E-state index in [0.717, 1.165) is 25.4 Å². The molecular formula is C10H20OS. The maximum absolute atomic E-state index is 7.46. The van der Waals surface area contributed by atoms with Crippen LogP contribution in [0, 0.1) is 11.8 Å². The number of hydrogen-bond donors (Lipinski definition) is 2. The van der Waals surface area contributed by atoms with Crippen molar-refractivity contribution in [3.05, 3.63) is 0 Å². The van der Waals surface area contributed by atoms with Crippen LogP contribution >= 0.6 is 12.5 Å². The van der Waals surface area contributed by atoms with Crippen LogP contribution in [-0.2, 0) is 0 Å². The summed E-state index contributed by atoms with van der Waals surface area (Å²) in [5.41, 5.74) is 0.